The van der Waals surface area contributed by atoms with Gasteiger partial charge in [-0.05, 0) is 55.7 Å². The highest BCUT2D eigenvalue weighted by molar-refractivity contribution is 7.89. The molecule has 7 nitrogen and oxygen atoms in total. The van der Waals surface area contributed by atoms with Crippen LogP contribution < -0.4 is 10.0 Å². The second kappa shape index (κ2) is 9.91. The zero-order valence-corrected chi connectivity index (χ0v) is 20.7. The van der Waals surface area contributed by atoms with Gasteiger partial charge in [-0.25, -0.2) is 13.1 Å². The van der Waals surface area contributed by atoms with E-state index in [0.29, 0.717) is 34.3 Å². The standard InChI is InChI=1S/C26H25ClN4O3S/c1-17-8-9-18(15-24(17)35(32,33)28-16-21-5-4-14-34-21)25-22-6-2-3-7-23(22)26(31-30-25)29-20-12-10-19(27)11-13-20/h2-3,6-13,15,21,28H,4-5,14,16H2,1H3,(H,29,31)/t21-/m0/s1. The van der Waals surface area contributed by atoms with Crippen LogP contribution in [0, 0.1) is 6.92 Å². The number of fused-ring (bicyclic) bond motifs is 1. The Bertz CT molecular complexity index is 1470. The number of halogens is 1. The lowest BCUT2D eigenvalue weighted by molar-refractivity contribution is 0.114. The molecule has 2 heterocycles. The van der Waals surface area contributed by atoms with Crippen molar-refractivity contribution in [1.29, 1.82) is 0 Å². The van der Waals surface area contributed by atoms with E-state index in [1.807, 2.05) is 42.5 Å². The number of rotatable bonds is 7. The fraction of sp³-hybridized carbons (Fsp3) is 0.231. The molecular formula is C26H25ClN4O3S. The lowest BCUT2D eigenvalue weighted by atomic mass is 10.0. The molecule has 0 spiro atoms. The summed E-state index contributed by atoms with van der Waals surface area (Å²) in [6.45, 7) is 2.72. The van der Waals surface area contributed by atoms with Crippen molar-refractivity contribution < 1.29 is 13.2 Å². The van der Waals surface area contributed by atoms with Crippen LogP contribution in [0.3, 0.4) is 0 Å². The quantitative estimate of drug-likeness (QED) is 0.344. The van der Waals surface area contributed by atoms with Crippen LogP contribution >= 0.6 is 11.6 Å². The van der Waals surface area contributed by atoms with Crippen molar-refractivity contribution in [2.45, 2.75) is 30.8 Å². The molecule has 0 aliphatic carbocycles. The Morgan fingerprint density at radius 1 is 1.03 bits per heavy atom. The SMILES string of the molecule is Cc1ccc(-c2nnc(Nc3ccc(Cl)cc3)c3ccccc23)cc1S(=O)(=O)NC[C@@H]1CCCO1. The minimum atomic E-state index is -3.72. The van der Waals surface area contributed by atoms with Gasteiger partial charge in [0.2, 0.25) is 10.0 Å². The monoisotopic (exact) mass is 508 g/mol. The van der Waals surface area contributed by atoms with E-state index >= 15 is 0 Å². The van der Waals surface area contributed by atoms with Gasteiger partial charge in [0.1, 0.15) is 5.69 Å². The van der Waals surface area contributed by atoms with Gasteiger partial charge >= 0.3 is 0 Å². The number of nitrogens with zero attached hydrogens (tertiary/aromatic N) is 2. The number of aromatic nitrogens is 2. The minimum absolute atomic E-state index is 0.0799. The maximum Gasteiger partial charge on any atom is 0.240 e. The van der Waals surface area contributed by atoms with Crippen LogP contribution in [0.15, 0.2) is 71.6 Å². The van der Waals surface area contributed by atoms with Crippen molar-refractivity contribution >= 4 is 43.9 Å². The Labute approximate surface area is 209 Å². The topological polar surface area (TPSA) is 93.2 Å². The maximum atomic E-state index is 13.1. The van der Waals surface area contributed by atoms with Crippen LogP contribution in [0.5, 0.6) is 0 Å². The third-order valence-electron chi connectivity index (χ3n) is 6.07. The van der Waals surface area contributed by atoms with Gasteiger partial charge < -0.3 is 10.1 Å². The molecule has 1 aliphatic rings. The van der Waals surface area contributed by atoms with Crippen LogP contribution in [0.25, 0.3) is 22.0 Å². The first-order valence-electron chi connectivity index (χ1n) is 11.4. The van der Waals surface area contributed by atoms with Gasteiger partial charge in [-0.3, -0.25) is 0 Å². The number of aryl methyl sites for hydroxylation is 1. The van der Waals surface area contributed by atoms with Gasteiger partial charge in [-0.1, -0.05) is 48.0 Å². The second-order valence-electron chi connectivity index (χ2n) is 8.54. The number of sulfonamides is 1. The first-order valence-corrected chi connectivity index (χ1v) is 13.3. The van der Waals surface area contributed by atoms with E-state index in [4.69, 9.17) is 16.3 Å². The summed E-state index contributed by atoms with van der Waals surface area (Å²) in [6.07, 6.45) is 1.73. The van der Waals surface area contributed by atoms with Gasteiger partial charge in [-0.15, -0.1) is 10.2 Å². The van der Waals surface area contributed by atoms with Gasteiger partial charge in [0, 0.05) is 40.2 Å². The van der Waals surface area contributed by atoms with Gasteiger partial charge in [0.05, 0.1) is 11.0 Å². The van der Waals surface area contributed by atoms with E-state index in [2.05, 4.69) is 20.2 Å². The molecule has 3 aromatic carbocycles. The van der Waals surface area contributed by atoms with E-state index in [1.54, 1.807) is 31.2 Å². The van der Waals surface area contributed by atoms with Crippen molar-refractivity contribution in [1.82, 2.24) is 14.9 Å². The highest BCUT2D eigenvalue weighted by Gasteiger charge is 2.23. The third-order valence-corrected chi connectivity index (χ3v) is 7.89. The summed E-state index contributed by atoms with van der Waals surface area (Å²) in [6, 6.07) is 20.4. The summed E-state index contributed by atoms with van der Waals surface area (Å²) in [7, 11) is -3.72. The number of anilines is 2. The molecule has 180 valence electrons. The average molecular weight is 509 g/mol. The number of ether oxygens (including phenoxy) is 1. The zero-order valence-electron chi connectivity index (χ0n) is 19.2. The van der Waals surface area contributed by atoms with Crippen LogP contribution in [0.2, 0.25) is 5.02 Å². The number of hydrogen-bond acceptors (Lipinski definition) is 6. The number of hydrogen-bond donors (Lipinski definition) is 2. The minimum Gasteiger partial charge on any atom is -0.377 e. The van der Waals surface area contributed by atoms with Crippen molar-refractivity contribution in [2.24, 2.45) is 0 Å². The number of benzene rings is 3. The molecular weight excluding hydrogens is 484 g/mol. The van der Waals surface area contributed by atoms with Crippen LogP contribution in [0.4, 0.5) is 11.5 Å². The molecule has 0 radical (unpaired) electrons. The molecule has 0 saturated carbocycles. The molecule has 1 aliphatic heterocycles. The molecule has 5 rings (SSSR count). The predicted molar refractivity (Wildman–Crippen MR) is 139 cm³/mol. The van der Waals surface area contributed by atoms with Crippen molar-refractivity contribution in [2.75, 3.05) is 18.5 Å². The molecule has 1 saturated heterocycles. The summed E-state index contributed by atoms with van der Waals surface area (Å²) < 4.78 is 34.5. The van der Waals surface area contributed by atoms with Crippen LogP contribution in [0.1, 0.15) is 18.4 Å². The molecule has 1 atom stereocenters. The fourth-order valence-electron chi connectivity index (χ4n) is 4.20. The van der Waals surface area contributed by atoms with Crippen molar-refractivity contribution in [3.8, 4) is 11.3 Å². The Balaban J connectivity index is 1.50. The van der Waals surface area contributed by atoms with Gasteiger partial charge in [-0.2, -0.15) is 0 Å². The van der Waals surface area contributed by atoms with Crippen LogP contribution in [-0.2, 0) is 14.8 Å². The molecule has 9 heteroatoms. The lowest BCUT2D eigenvalue weighted by Crippen LogP contribution is -2.32. The Morgan fingerprint density at radius 3 is 2.54 bits per heavy atom. The molecule has 0 bridgehead atoms. The second-order valence-corrected chi connectivity index (χ2v) is 10.7. The molecule has 35 heavy (non-hydrogen) atoms. The molecule has 1 fully saturated rings. The van der Waals surface area contributed by atoms with Crippen LogP contribution in [-0.4, -0.2) is 37.9 Å². The summed E-state index contributed by atoms with van der Waals surface area (Å²) in [4.78, 5) is 0.224. The predicted octanol–water partition coefficient (Wildman–Crippen LogP) is 5.46. The molecule has 0 amide bonds. The van der Waals surface area contributed by atoms with E-state index in [-0.39, 0.29) is 17.5 Å². The van der Waals surface area contributed by atoms with E-state index in [1.165, 1.54) is 0 Å². The van der Waals surface area contributed by atoms with Gasteiger partial charge in [0.15, 0.2) is 5.82 Å². The average Bonchev–Trinajstić information content (AvgIpc) is 3.39. The first kappa shape index (κ1) is 23.7. The third kappa shape index (κ3) is 5.16. The van der Waals surface area contributed by atoms with E-state index < -0.39 is 10.0 Å². The lowest BCUT2D eigenvalue weighted by Gasteiger charge is -2.15. The highest BCUT2D eigenvalue weighted by Crippen LogP contribution is 2.33. The molecule has 0 unspecified atom stereocenters. The highest BCUT2D eigenvalue weighted by atomic mass is 35.5. The largest absolute Gasteiger partial charge is 0.377 e. The first-order chi connectivity index (χ1) is 16.9. The van der Waals surface area contributed by atoms with Gasteiger partial charge in [0.25, 0.3) is 0 Å². The summed E-state index contributed by atoms with van der Waals surface area (Å²) in [5, 5.41) is 14.6. The maximum absolute atomic E-state index is 13.1. The summed E-state index contributed by atoms with van der Waals surface area (Å²) >= 11 is 6.00. The smallest absolute Gasteiger partial charge is 0.240 e. The van der Waals surface area contributed by atoms with E-state index in [0.717, 1.165) is 29.3 Å². The Hall–Kier alpha value is -3.04. The molecule has 2 N–H and O–H groups in total. The van der Waals surface area contributed by atoms with Crippen molar-refractivity contribution in [3.63, 3.8) is 0 Å². The fourth-order valence-corrected chi connectivity index (χ4v) is 5.66. The normalized spacial score (nSPS) is 16.0. The molecule has 1 aromatic heterocycles. The Morgan fingerprint density at radius 2 is 1.80 bits per heavy atom. The van der Waals surface area contributed by atoms with E-state index in [9.17, 15) is 8.42 Å². The van der Waals surface area contributed by atoms with Crippen molar-refractivity contribution in [3.05, 3.63) is 77.3 Å². The summed E-state index contributed by atoms with van der Waals surface area (Å²) in [5.41, 5.74) is 2.78. The summed E-state index contributed by atoms with van der Waals surface area (Å²) in [5.74, 6) is 0.602. The molecule has 4 aromatic rings. The zero-order chi connectivity index (χ0) is 24.4. The number of nitrogens with one attached hydrogen (secondary N) is 2. The Kier molecular flexibility index (Phi) is 6.71.